The zero-order valence-electron chi connectivity index (χ0n) is 22.9. The Morgan fingerprint density at radius 3 is 2.51 bits per heavy atom. The molecule has 1 N–H and O–H groups in total. The average molecular weight is 573 g/mol. The molecule has 1 atom stereocenters. The smallest absolute Gasteiger partial charge is 0.416 e. The lowest BCUT2D eigenvalue weighted by molar-refractivity contribution is -0.137. The monoisotopic (exact) mass is 572 g/mol. The number of benzene rings is 1. The van der Waals surface area contributed by atoms with E-state index >= 15 is 0 Å². The van der Waals surface area contributed by atoms with Crippen molar-refractivity contribution >= 4 is 11.6 Å². The van der Waals surface area contributed by atoms with Gasteiger partial charge in [-0.3, -0.25) is 4.79 Å². The van der Waals surface area contributed by atoms with Crippen LogP contribution in [0, 0.1) is 5.82 Å². The molecule has 0 saturated carbocycles. The van der Waals surface area contributed by atoms with Crippen molar-refractivity contribution in [3.05, 3.63) is 65.7 Å². The van der Waals surface area contributed by atoms with Gasteiger partial charge < -0.3 is 19.9 Å². The van der Waals surface area contributed by atoms with Crippen molar-refractivity contribution in [3.63, 3.8) is 0 Å². The molecule has 5 rings (SSSR count). The zero-order chi connectivity index (χ0) is 29.2. The van der Waals surface area contributed by atoms with Gasteiger partial charge >= 0.3 is 6.18 Å². The van der Waals surface area contributed by atoms with Crippen LogP contribution in [-0.2, 0) is 16.4 Å². The Morgan fingerprint density at radius 1 is 1.12 bits per heavy atom. The van der Waals surface area contributed by atoms with Crippen LogP contribution < -0.4 is 15.0 Å². The van der Waals surface area contributed by atoms with E-state index in [-0.39, 0.29) is 43.6 Å². The molecule has 3 aromatic rings. The van der Waals surface area contributed by atoms with Gasteiger partial charge in [-0.2, -0.15) is 23.4 Å². The second kappa shape index (κ2) is 11.6. The van der Waals surface area contributed by atoms with Crippen molar-refractivity contribution in [1.82, 2.24) is 25.4 Å². The molecule has 41 heavy (non-hydrogen) atoms. The summed E-state index contributed by atoms with van der Waals surface area (Å²) >= 11 is 0. The maximum Gasteiger partial charge on any atom is 0.416 e. The van der Waals surface area contributed by atoms with E-state index < -0.39 is 23.0 Å². The molecule has 0 spiro atoms. The lowest BCUT2D eigenvalue weighted by Crippen LogP contribution is -2.54. The third kappa shape index (κ3) is 5.97. The number of aromatic nitrogens is 3. The van der Waals surface area contributed by atoms with Gasteiger partial charge in [-0.25, -0.2) is 9.37 Å². The molecule has 0 bridgehead atoms. The van der Waals surface area contributed by atoms with E-state index in [1.54, 1.807) is 29.3 Å². The normalized spacial score (nSPS) is 19.3. The number of amides is 1. The zero-order valence-corrected chi connectivity index (χ0v) is 22.9. The van der Waals surface area contributed by atoms with Crippen molar-refractivity contribution in [2.24, 2.45) is 0 Å². The Balaban J connectivity index is 1.42. The van der Waals surface area contributed by atoms with Crippen LogP contribution in [0.5, 0.6) is 5.88 Å². The van der Waals surface area contributed by atoms with Gasteiger partial charge in [0.1, 0.15) is 5.82 Å². The third-order valence-electron chi connectivity index (χ3n) is 7.88. The summed E-state index contributed by atoms with van der Waals surface area (Å²) in [4.78, 5) is 22.0. The summed E-state index contributed by atoms with van der Waals surface area (Å²) in [6.45, 7) is 4.41. The Morgan fingerprint density at radius 2 is 1.90 bits per heavy atom. The van der Waals surface area contributed by atoms with Crippen molar-refractivity contribution < 1.29 is 27.1 Å². The highest BCUT2D eigenvalue weighted by atomic mass is 19.4. The number of anilines is 1. The Labute approximate surface area is 235 Å². The number of hydrogen-bond donors (Lipinski definition) is 1. The van der Waals surface area contributed by atoms with Gasteiger partial charge in [0.25, 0.3) is 0 Å². The Bertz CT molecular complexity index is 1380. The maximum atomic E-state index is 14.8. The van der Waals surface area contributed by atoms with Crippen molar-refractivity contribution in [2.45, 2.75) is 43.8 Å². The second-order valence-electron chi connectivity index (χ2n) is 10.5. The molecule has 12 heteroatoms. The molecule has 2 aliphatic heterocycles. The van der Waals surface area contributed by atoms with Gasteiger partial charge in [0.15, 0.2) is 0 Å². The summed E-state index contributed by atoms with van der Waals surface area (Å²) in [6.07, 6.45) is -1.61. The number of likely N-dealkylation sites (N-methyl/N-ethyl adjacent to an activating group) is 1. The molecule has 4 heterocycles. The number of likely N-dealkylation sites (tertiary alicyclic amines) is 1. The molecule has 218 valence electrons. The van der Waals surface area contributed by atoms with Gasteiger partial charge in [0.05, 0.1) is 40.2 Å². The van der Waals surface area contributed by atoms with E-state index in [2.05, 4.69) is 25.4 Å². The van der Waals surface area contributed by atoms with Crippen molar-refractivity contribution in [3.8, 4) is 17.1 Å². The van der Waals surface area contributed by atoms with Crippen LogP contribution >= 0.6 is 0 Å². The van der Waals surface area contributed by atoms with Crippen LogP contribution in [-0.4, -0.2) is 71.9 Å². The minimum atomic E-state index is -4.63. The molecule has 0 aliphatic carbocycles. The number of carbonyl (C=O) groups is 1. The van der Waals surface area contributed by atoms with Crippen LogP contribution in [0.3, 0.4) is 0 Å². The van der Waals surface area contributed by atoms with Gasteiger partial charge in [0, 0.05) is 31.9 Å². The highest BCUT2D eigenvalue weighted by molar-refractivity contribution is 5.88. The van der Waals surface area contributed by atoms with Crippen LogP contribution in [0.15, 0.2) is 48.7 Å². The number of alkyl halides is 3. The van der Waals surface area contributed by atoms with Gasteiger partial charge in [0.2, 0.25) is 11.8 Å². The van der Waals surface area contributed by atoms with E-state index in [1.807, 2.05) is 20.0 Å². The highest BCUT2D eigenvalue weighted by Gasteiger charge is 2.46. The molecular formula is C29H32F4N6O2. The van der Waals surface area contributed by atoms with Gasteiger partial charge in [-0.05, 0) is 82.2 Å². The number of hydrogen-bond acceptors (Lipinski definition) is 7. The summed E-state index contributed by atoms with van der Waals surface area (Å²) in [6, 6.07) is 9.70. The average Bonchev–Trinajstić information content (AvgIpc) is 3.37. The molecule has 8 nitrogen and oxygen atoms in total. The lowest BCUT2D eigenvalue weighted by Gasteiger charge is -2.41. The fourth-order valence-corrected chi connectivity index (χ4v) is 5.61. The Kier molecular flexibility index (Phi) is 8.12. The number of nitrogens with zero attached hydrogens (tertiary/aromatic N) is 5. The topological polar surface area (TPSA) is 83.5 Å². The third-order valence-corrected chi connectivity index (χ3v) is 7.88. The molecule has 2 aromatic heterocycles. The van der Waals surface area contributed by atoms with E-state index in [0.29, 0.717) is 35.5 Å². The first-order chi connectivity index (χ1) is 19.6. The largest absolute Gasteiger partial charge is 0.477 e. The predicted molar refractivity (Wildman–Crippen MR) is 145 cm³/mol. The molecule has 1 aromatic carbocycles. The van der Waals surface area contributed by atoms with Crippen LogP contribution in [0.25, 0.3) is 11.3 Å². The van der Waals surface area contributed by atoms with Crippen LogP contribution in [0.1, 0.15) is 37.4 Å². The number of piperidine rings is 1. The Hall–Kier alpha value is -3.80. The summed E-state index contributed by atoms with van der Waals surface area (Å²) in [7, 11) is 2.00. The molecule has 2 aliphatic rings. The standard InChI is InChI=1S/C29H32F4N6O2/c1-3-41-26-21(5-4-13-34-26)23-7-9-25(37-36-23)28(27(40)35-20-10-14-38(2)18-20)11-15-39(16-12-28)24-8-6-19(17-22(24)30)29(31,32)33/h4-9,13,17,20H,3,10-12,14-16,18H2,1-2H3,(H,35,40). The van der Waals surface area contributed by atoms with Crippen molar-refractivity contribution in [2.75, 3.05) is 44.7 Å². The minimum absolute atomic E-state index is 0.00821. The first-order valence-electron chi connectivity index (χ1n) is 13.6. The first-order valence-corrected chi connectivity index (χ1v) is 13.6. The second-order valence-corrected chi connectivity index (χ2v) is 10.5. The highest BCUT2D eigenvalue weighted by Crippen LogP contribution is 2.39. The molecule has 1 unspecified atom stereocenters. The fraction of sp³-hybridized carbons (Fsp3) is 0.448. The van der Waals surface area contributed by atoms with Gasteiger partial charge in [-0.1, -0.05) is 0 Å². The van der Waals surface area contributed by atoms with Crippen LogP contribution in [0.2, 0.25) is 0 Å². The number of pyridine rings is 1. The summed E-state index contributed by atoms with van der Waals surface area (Å²) < 4.78 is 59.6. The predicted octanol–water partition coefficient (Wildman–Crippen LogP) is 4.45. The SMILES string of the molecule is CCOc1ncccc1-c1ccc(C2(C(=O)NC3CCN(C)C3)CCN(c3ccc(C(F)(F)F)cc3F)CC2)nn1. The van der Waals surface area contributed by atoms with E-state index in [0.717, 1.165) is 31.6 Å². The first kappa shape index (κ1) is 28.7. The summed E-state index contributed by atoms with van der Waals surface area (Å²) in [5.74, 6) is -0.693. The van der Waals surface area contributed by atoms with Gasteiger partial charge in [-0.15, -0.1) is 0 Å². The minimum Gasteiger partial charge on any atom is -0.477 e. The van der Waals surface area contributed by atoms with Crippen LogP contribution in [0.4, 0.5) is 23.2 Å². The lowest BCUT2D eigenvalue weighted by atomic mass is 9.74. The molecule has 1 amide bonds. The number of nitrogens with one attached hydrogen (secondary N) is 1. The molecule has 2 fully saturated rings. The number of carbonyl (C=O) groups excluding carboxylic acids is 1. The molecule has 2 saturated heterocycles. The molecular weight excluding hydrogens is 540 g/mol. The molecule has 0 radical (unpaired) electrons. The quantitative estimate of drug-likeness (QED) is 0.419. The maximum absolute atomic E-state index is 14.8. The summed E-state index contributed by atoms with van der Waals surface area (Å²) in [5.41, 5.74) is -0.299. The summed E-state index contributed by atoms with van der Waals surface area (Å²) in [5, 5.41) is 12.1. The number of halogens is 4. The van der Waals surface area contributed by atoms with E-state index in [4.69, 9.17) is 4.74 Å². The van der Waals surface area contributed by atoms with E-state index in [9.17, 15) is 22.4 Å². The fourth-order valence-electron chi connectivity index (χ4n) is 5.61. The van der Waals surface area contributed by atoms with E-state index in [1.165, 1.54) is 0 Å². The number of rotatable bonds is 7. The van der Waals surface area contributed by atoms with Crippen molar-refractivity contribution in [1.29, 1.82) is 0 Å². The number of ether oxygens (including phenoxy) is 1.